The van der Waals surface area contributed by atoms with E-state index in [1.54, 1.807) is 12.3 Å². The van der Waals surface area contributed by atoms with Gasteiger partial charge in [0.05, 0.1) is 18.9 Å². The Balaban J connectivity index is 1.42. The standard InChI is InChI=1S/C25H27N5O/c26-16-22-15-20(3-6-25(22)27)24-8-9-28-17-21(24)7-10-29-23-4-1-19(2-5-23)18-30-11-13-31-14-12-30/h1-10,15-17,27,29H,11-14,18,26H2/b10-7+,22-16-,27-25?. The topological polar surface area (TPSA) is 87.3 Å². The largest absolute Gasteiger partial charge is 0.404 e. The van der Waals surface area contributed by atoms with Gasteiger partial charge in [-0.15, -0.1) is 0 Å². The number of ether oxygens (including phenoxy) is 1. The third kappa shape index (κ3) is 5.36. The van der Waals surface area contributed by atoms with Crippen molar-refractivity contribution in [2.24, 2.45) is 5.73 Å². The predicted molar refractivity (Wildman–Crippen MR) is 127 cm³/mol. The van der Waals surface area contributed by atoms with Crippen LogP contribution in [-0.4, -0.2) is 41.9 Å². The van der Waals surface area contributed by atoms with Gasteiger partial charge >= 0.3 is 0 Å². The number of aromatic nitrogens is 1. The second-order valence-electron chi connectivity index (χ2n) is 7.49. The van der Waals surface area contributed by atoms with Crippen LogP contribution in [0.5, 0.6) is 0 Å². The average Bonchev–Trinajstić information content (AvgIpc) is 2.82. The number of allylic oxidation sites excluding steroid dienone is 5. The molecule has 0 saturated carbocycles. The van der Waals surface area contributed by atoms with E-state index in [2.05, 4.69) is 39.5 Å². The maximum atomic E-state index is 7.92. The van der Waals surface area contributed by atoms with Crippen LogP contribution >= 0.6 is 0 Å². The van der Waals surface area contributed by atoms with E-state index in [1.165, 1.54) is 11.8 Å². The Labute approximate surface area is 182 Å². The van der Waals surface area contributed by atoms with Crippen molar-refractivity contribution in [2.45, 2.75) is 6.54 Å². The summed E-state index contributed by atoms with van der Waals surface area (Å²) in [4.78, 5) is 6.68. The maximum Gasteiger partial charge on any atom is 0.0627 e. The van der Waals surface area contributed by atoms with Gasteiger partial charge in [-0.25, -0.2) is 0 Å². The summed E-state index contributed by atoms with van der Waals surface area (Å²) in [6, 6.07) is 10.5. The van der Waals surface area contributed by atoms with E-state index in [1.807, 2.05) is 36.7 Å². The number of anilines is 1. The van der Waals surface area contributed by atoms with Gasteiger partial charge in [0.15, 0.2) is 0 Å². The first kappa shape index (κ1) is 20.8. The van der Waals surface area contributed by atoms with Crippen LogP contribution in [0.4, 0.5) is 5.69 Å². The summed E-state index contributed by atoms with van der Waals surface area (Å²) >= 11 is 0. The molecule has 2 aromatic rings. The van der Waals surface area contributed by atoms with Crippen LogP contribution in [0.1, 0.15) is 16.7 Å². The summed E-state index contributed by atoms with van der Waals surface area (Å²) in [5, 5.41) is 11.3. The van der Waals surface area contributed by atoms with Crippen molar-refractivity contribution in [3.8, 4) is 0 Å². The van der Waals surface area contributed by atoms with Gasteiger partial charge in [0, 0.05) is 61.3 Å². The summed E-state index contributed by atoms with van der Waals surface area (Å²) in [6.07, 6.45) is 14.6. The molecule has 6 nitrogen and oxygen atoms in total. The van der Waals surface area contributed by atoms with Crippen LogP contribution in [0.3, 0.4) is 0 Å². The molecule has 0 bridgehead atoms. The highest BCUT2D eigenvalue weighted by Crippen LogP contribution is 2.26. The van der Waals surface area contributed by atoms with Gasteiger partial charge in [0.2, 0.25) is 0 Å². The zero-order chi connectivity index (χ0) is 21.5. The van der Waals surface area contributed by atoms with E-state index in [0.29, 0.717) is 11.3 Å². The van der Waals surface area contributed by atoms with Crippen molar-refractivity contribution in [1.82, 2.24) is 9.88 Å². The van der Waals surface area contributed by atoms with Crippen molar-refractivity contribution in [1.29, 1.82) is 5.41 Å². The van der Waals surface area contributed by atoms with Gasteiger partial charge in [0.25, 0.3) is 0 Å². The quantitative estimate of drug-likeness (QED) is 0.670. The fraction of sp³-hybridized carbons (Fsp3) is 0.200. The molecular weight excluding hydrogens is 386 g/mol. The van der Waals surface area contributed by atoms with Gasteiger partial charge in [0.1, 0.15) is 0 Å². The Morgan fingerprint density at radius 3 is 2.71 bits per heavy atom. The first-order valence-electron chi connectivity index (χ1n) is 10.4. The minimum atomic E-state index is 0.413. The summed E-state index contributed by atoms with van der Waals surface area (Å²) in [5.41, 5.74) is 12.1. The summed E-state index contributed by atoms with van der Waals surface area (Å²) in [7, 11) is 0. The SMILES string of the molecule is N=C1C=CC(c2ccncc2/C=C/Nc2ccc(CN3CCOCC3)cc2)=C/C1=C/N. The van der Waals surface area contributed by atoms with Gasteiger partial charge in [-0.1, -0.05) is 18.2 Å². The van der Waals surface area contributed by atoms with Gasteiger partial charge in [-0.3, -0.25) is 9.88 Å². The molecule has 2 aliphatic rings. The smallest absolute Gasteiger partial charge is 0.0627 e. The molecule has 0 amide bonds. The Bertz CT molecular complexity index is 1040. The lowest BCUT2D eigenvalue weighted by atomic mass is 9.93. The lowest BCUT2D eigenvalue weighted by Crippen LogP contribution is -2.35. The molecule has 1 aliphatic carbocycles. The third-order valence-corrected chi connectivity index (χ3v) is 5.37. The molecule has 1 aliphatic heterocycles. The fourth-order valence-corrected chi connectivity index (χ4v) is 3.62. The molecule has 158 valence electrons. The van der Waals surface area contributed by atoms with Crippen molar-refractivity contribution in [3.05, 3.63) is 95.6 Å². The number of hydrogen-bond donors (Lipinski definition) is 3. The number of rotatable bonds is 6. The molecule has 0 spiro atoms. The third-order valence-electron chi connectivity index (χ3n) is 5.37. The van der Waals surface area contributed by atoms with E-state index in [0.717, 1.165) is 55.2 Å². The maximum absolute atomic E-state index is 7.92. The normalized spacial score (nSPS) is 18.5. The molecule has 0 unspecified atom stereocenters. The molecule has 31 heavy (non-hydrogen) atoms. The molecule has 4 N–H and O–H groups in total. The highest BCUT2D eigenvalue weighted by atomic mass is 16.5. The van der Waals surface area contributed by atoms with Gasteiger partial charge in [-0.05, 0) is 53.1 Å². The predicted octanol–water partition coefficient (Wildman–Crippen LogP) is 3.81. The highest BCUT2D eigenvalue weighted by molar-refractivity contribution is 6.13. The minimum Gasteiger partial charge on any atom is -0.404 e. The monoisotopic (exact) mass is 413 g/mol. The minimum absolute atomic E-state index is 0.413. The molecular formula is C25H27N5O. The molecule has 0 atom stereocenters. The molecule has 0 radical (unpaired) electrons. The van der Waals surface area contributed by atoms with Crippen LogP contribution in [-0.2, 0) is 11.3 Å². The molecule has 1 aromatic heterocycles. The summed E-state index contributed by atoms with van der Waals surface area (Å²) in [5.74, 6) is 0. The van der Waals surface area contributed by atoms with E-state index in [-0.39, 0.29) is 0 Å². The van der Waals surface area contributed by atoms with Gasteiger partial charge < -0.3 is 21.2 Å². The average molecular weight is 414 g/mol. The highest BCUT2D eigenvalue weighted by Gasteiger charge is 2.11. The Kier molecular flexibility index (Phi) is 6.72. The van der Waals surface area contributed by atoms with E-state index < -0.39 is 0 Å². The van der Waals surface area contributed by atoms with Crippen LogP contribution in [0.25, 0.3) is 11.6 Å². The van der Waals surface area contributed by atoms with Crippen LogP contribution < -0.4 is 11.1 Å². The van der Waals surface area contributed by atoms with E-state index >= 15 is 0 Å². The van der Waals surface area contributed by atoms with E-state index in [9.17, 15) is 0 Å². The van der Waals surface area contributed by atoms with Crippen molar-refractivity contribution in [2.75, 3.05) is 31.6 Å². The van der Waals surface area contributed by atoms with Crippen molar-refractivity contribution >= 4 is 23.0 Å². The van der Waals surface area contributed by atoms with Crippen molar-refractivity contribution in [3.63, 3.8) is 0 Å². The van der Waals surface area contributed by atoms with Crippen LogP contribution in [0.15, 0.2) is 78.9 Å². The zero-order valence-corrected chi connectivity index (χ0v) is 17.4. The molecule has 1 saturated heterocycles. The number of benzene rings is 1. The first-order chi connectivity index (χ1) is 15.2. The summed E-state index contributed by atoms with van der Waals surface area (Å²) in [6.45, 7) is 4.58. The second-order valence-corrected chi connectivity index (χ2v) is 7.49. The number of nitrogens with one attached hydrogen (secondary N) is 2. The lowest BCUT2D eigenvalue weighted by Gasteiger charge is -2.26. The number of morpholine rings is 1. The van der Waals surface area contributed by atoms with Crippen LogP contribution in [0, 0.1) is 5.41 Å². The molecule has 4 rings (SSSR count). The number of nitrogens with two attached hydrogens (primary N) is 1. The fourth-order valence-electron chi connectivity index (χ4n) is 3.62. The summed E-state index contributed by atoms with van der Waals surface area (Å²) < 4.78 is 5.41. The first-order valence-corrected chi connectivity index (χ1v) is 10.4. The second kappa shape index (κ2) is 10.0. The van der Waals surface area contributed by atoms with E-state index in [4.69, 9.17) is 15.9 Å². The van der Waals surface area contributed by atoms with Gasteiger partial charge in [-0.2, -0.15) is 0 Å². The Morgan fingerprint density at radius 1 is 1.13 bits per heavy atom. The molecule has 2 heterocycles. The molecule has 1 aromatic carbocycles. The van der Waals surface area contributed by atoms with Crippen LogP contribution in [0.2, 0.25) is 0 Å². The molecule has 6 heteroatoms. The Morgan fingerprint density at radius 2 is 1.94 bits per heavy atom. The number of nitrogens with zero attached hydrogens (tertiary/aromatic N) is 2. The van der Waals surface area contributed by atoms with Crippen molar-refractivity contribution < 1.29 is 4.74 Å². The molecule has 1 fully saturated rings. The Hall–Kier alpha value is -3.48. The number of pyridine rings is 1. The zero-order valence-electron chi connectivity index (χ0n) is 17.4. The lowest BCUT2D eigenvalue weighted by molar-refractivity contribution is 0.0342. The number of hydrogen-bond acceptors (Lipinski definition) is 6.